The van der Waals surface area contributed by atoms with Crippen LogP contribution in [0.2, 0.25) is 0 Å². The fourth-order valence-corrected chi connectivity index (χ4v) is 4.09. The molecule has 4 rings (SSSR count). The highest BCUT2D eigenvalue weighted by atomic mass is 16.3. The molecule has 0 radical (unpaired) electrons. The number of carbonyl (C=O) groups is 3. The Bertz CT molecular complexity index is 1030. The summed E-state index contributed by atoms with van der Waals surface area (Å²) in [4.78, 5) is 41.4. The van der Waals surface area contributed by atoms with Gasteiger partial charge >= 0.3 is 6.03 Å². The number of rotatable bonds is 7. The summed E-state index contributed by atoms with van der Waals surface area (Å²) in [5, 5.41) is 5.77. The lowest BCUT2D eigenvalue weighted by Gasteiger charge is -2.33. The zero-order valence-corrected chi connectivity index (χ0v) is 17.7. The first-order chi connectivity index (χ1) is 15.0. The Hall–Kier alpha value is -3.55. The number of aryl methyl sites for hydroxylation is 1. The van der Waals surface area contributed by atoms with E-state index in [-0.39, 0.29) is 30.8 Å². The monoisotopic (exact) mass is 422 g/mol. The van der Waals surface area contributed by atoms with Gasteiger partial charge < -0.3 is 20.0 Å². The van der Waals surface area contributed by atoms with Gasteiger partial charge in [0, 0.05) is 19.5 Å². The molecule has 0 bridgehead atoms. The van der Waals surface area contributed by atoms with Gasteiger partial charge in [-0.25, -0.2) is 4.79 Å². The summed E-state index contributed by atoms with van der Waals surface area (Å²) in [5.74, 6) is 0.372. The van der Waals surface area contributed by atoms with Crippen LogP contribution < -0.4 is 10.6 Å². The predicted molar refractivity (Wildman–Crippen MR) is 114 cm³/mol. The lowest BCUT2D eigenvalue weighted by molar-refractivity contribution is -0.127. The van der Waals surface area contributed by atoms with E-state index in [0.717, 1.165) is 16.8 Å². The number of nitrogens with zero attached hydrogens (tertiary/aromatic N) is 2. The van der Waals surface area contributed by atoms with Crippen LogP contribution in [-0.4, -0.2) is 47.3 Å². The van der Waals surface area contributed by atoms with Crippen molar-refractivity contribution in [2.75, 3.05) is 19.6 Å². The minimum absolute atomic E-state index is 0.140. The number of urea groups is 1. The van der Waals surface area contributed by atoms with Crippen molar-refractivity contribution in [1.82, 2.24) is 20.4 Å². The first-order valence-corrected chi connectivity index (χ1v) is 10.4. The first kappa shape index (κ1) is 20.7. The van der Waals surface area contributed by atoms with Crippen molar-refractivity contribution >= 4 is 17.8 Å². The Morgan fingerprint density at radius 2 is 2.10 bits per heavy atom. The average molecular weight is 422 g/mol. The molecule has 8 nitrogen and oxygen atoms in total. The van der Waals surface area contributed by atoms with Crippen LogP contribution in [0.5, 0.6) is 0 Å². The Labute approximate surface area is 180 Å². The Kier molecular flexibility index (Phi) is 5.79. The molecule has 8 heteroatoms. The third kappa shape index (κ3) is 4.19. The topological polar surface area (TPSA) is 94.9 Å². The molecule has 3 heterocycles. The van der Waals surface area contributed by atoms with E-state index in [9.17, 15) is 14.4 Å². The maximum atomic E-state index is 13.3. The maximum absolute atomic E-state index is 13.3. The van der Waals surface area contributed by atoms with Gasteiger partial charge in [-0.3, -0.25) is 14.5 Å². The van der Waals surface area contributed by atoms with E-state index < -0.39 is 6.04 Å². The molecule has 4 amide bonds. The quantitative estimate of drug-likeness (QED) is 0.717. The lowest BCUT2D eigenvalue weighted by Crippen LogP contribution is -2.47. The highest BCUT2D eigenvalue weighted by Gasteiger charge is 2.43. The first-order valence-electron chi connectivity index (χ1n) is 10.4. The molecule has 1 atom stereocenters. The van der Waals surface area contributed by atoms with Crippen molar-refractivity contribution in [3.8, 4) is 0 Å². The molecule has 0 saturated heterocycles. The van der Waals surface area contributed by atoms with Crippen molar-refractivity contribution in [3.63, 3.8) is 0 Å². The van der Waals surface area contributed by atoms with E-state index in [2.05, 4.69) is 10.6 Å². The molecule has 0 unspecified atom stereocenters. The van der Waals surface area contributed by atoms with Gasteiger partial charge in [0.2, 0.25) is 5.91 Å². The van der Waals surface area contributed by atoms with Crippen LogP contribution in [0.4, 0.5) is 4.79 Å². The minimum atomic E-state index is -0.490. The second-order valence-electron chi connectivity index (χ2n) is 7.73. The van der Waals surface area contributed by atoms with Crippen molar-refractivity contribution < 1.29 is 18.8 Å². The van der Waals surface area contributed by atoms with Gasteiger partial charge in [-0.1, -0.05) is 29.8 Å². The molecular weight excluding hydrogens is 396 g/mol. The lowest BCUT2D eigenvalue weighted by atomic mass is 9.94. The zero-order valence-electron chi connectivity index (χ0n) is 17.7. The molecule has 1 aromatic carbocycles. The summed E-state index contributed by atoms with van der Waals surface area (Å²) >= 11 is 0. The SMILES string of the molecule is CCN1C(=O)N[C@@H](c2cccc(C)c2)C2=C1CN(CCC(=O)NCc1ccco1)C2=O. The predicted octanol–water partition coefficient (Wildman–Crippen LogP) is 2.48. The largest absolute Gasteiger partial charge is 0.467 e. The van der Waals surface area contributed by atoms with Crippen LogP contribution in [0.25, 0.3) is 0 Å². The standard InChI is InChI=1S/C23H26N4O4/c1-3-27-18-14-26(10-9-19(28)24-13-17-8-5-11-31-17)22(29)20(18)21(25-23(27)30)16-7-4-6-15(2)12-16/h4-8,11-12,21H,3,9-10,13-14H2,1-2H3,(H,24,28)(H,25,30)/t21-/m0/s1. The number of amides is 4. The molecule has 162 valence electrons. The number of hydrogen-bond acceptors (Lipinski definition) is 4. The number of nitrogens with one attached hydrogen (secondary N) is 2. The van der Waals surface area contributed by atoms with E-state index in [1.54, 1.807) is 28.2 Å². The summed E-state index contributed by atoms with van der Waals surface area (Å²) in [6.07, 6.45) is 1.73. The van der Waals surface area contributed by atoms with E-state index in [1.807, 2.05) is 38.1 Å². The average Bonchev–Trinajstić information content (AvgIpc) is 3.38. The number of hydrogen-bond donors (Lipinski definition) is 2. The second kappa shape index (κ2) is 8.67. The van der Waals surface area contributed by atoms with Gasteiger partial charge in [-0.15, -0.1) is 0 Å². The van der Waals surface area contributed by atoms with Crippen LogP contribution >= 0.6 is 0 Å². The summed E-state index contributed by atoms with van der Waals surface area (Å²) in [5.41, 5.74) is 3.24. The second-order valence-corrected chi connectivity index (χ2v) is 7.73. The molecule has 0 aliphatic carbocycles. The molecular formula is C23H26N4O4. The molecule has 0 saturated carbocycles. The number of furan rings is 1. The van der Waals surface area contributed by atoms with E-state index in [1.165, 1.54) is 0 Å². The number of likely N-dealkylation sites (N-methyl/N-ethyl adjacent to an activating group) is 1. The fourth-order valence-electron chi connectivity index (χ4n) is 4.09. The van der Waals surface area contributed by atoms with Crippen molar-refractivity contribution in [3.05, 3.63) is 70.8 Å². The Balaban J connectivity index is 1.47. The highest BCUT2D eigenvalue weighted by molar-refractivity contribution is 6.01. The Morgan fingerprint density at radius 3 is 2.81 bits per heavy atom. The van der Waals surface area contributed by atoms with Gasteiger partial charge in [-0.05, 0) is 31.5 Å². The number of benzene rings is 1. The minimum Gasteiger partial charge on any atom is -0.467 e. The van der Waals surface area contributed by atoms with Crippen LogP contribution in [0.1, 0.15) is 36.3 Å². The van der Waals surface area contributed by atoms with E-state index >= 15 is 0 Å². The smallest absolute Gasteiger partial charge is 0.322 e. The van der Waals surface area contributed by atoms with E-state index in [0.29, 0.717) is 31.0 Å². The molecule has 2 aliphatic heterocycles. The fraction of sp³-hybridized carbons (Fsp3) is 0.348. The molecule has 2 aromatic rings. The molecule has 2 N–H and O–H groups in total. The summed E-state index contributed by atoms with van der Waals surface area (Å²) in [6.45, 7) is 5.24. The maximum Gasteiger partial charge on any atom is 0.322 e. The van der Waals surface area contributed by atoms with Crippen molar-refractivity contribution in [2.24, 2.45) is 0 Å². The third-order valence-corrected chi connectivity index (χ3v) is 5.64. The van der Waals surface area contributed by atoms with Crippen molar-refractivity contribution in [1.29, 1.82) is 0 Å². The Morgan fingerprint density at radius 1 is 1.26 bits per heavy atom. The van der Waals surface area contributed by atoms with Crippen LogP contribution in [0.3, 0.4) is 0 Å². The number of carbonyl (C=O) groups excluding carboxylic acids is 3. The van der Waals surface area contributed by atoms with Crippen LogP contribution in [0, 0.1) is 6.92 Å². The summed E-state index contributed by atoms with van der Waals surface area (Å²) < 4.78 is 5.21. The highest BCUT2D eigenvalue weighted by Crippen LogP contribution is 2.36. The molecule has 0 fully saturated rings. The van der Waals surface area contributed by atoms with E-state index in [4.69, 9.17) is 4.42 Å². The van der Waals surface area contributed by atoms with Gasteiger partial charge in [0.1, 0.15) is 5.76 Å². The third-order valence-electron chi connectivity index (χ3n) is 5.64. The van der Waals surface area contributed by atoms with Crippen LogP contribution in [0.15, 0.2) is 58.3 Å². The van der Waals surface area contributed by atoms with Gasteiger partial charge in [0.15, 0.2) is 0 Å². The van der Waals surface area contributed by atoms with Crippen LogP contribution in [-0.2, 0) is 16.1 Å². The van der Waals surface area contributed by atoms with Crippen molar-refractivity contribution in [2.45, 2.75) is 32.9 Å². The van der Waals surface area contributed by atoms with Gasteiger partial charge in [0.05, 0.1) is 36.7 Å². The normalized spacial score (nSPS) is 18.3. The molecule has 0 spiro atoms. The molecule has 31 heavy (non-hydrogen) atoms. The summed E-state index contributed by atoms with van der Waals surface area (Å²) in [6, 6.07) is 10.7. The molecule has 1 aromatic heterocycles. The van der Waals surface area contributed by atoms with Gasteiger partial charge in [0.25, 0.3) is 5.91 Å². The van der Waals surface area contributed by atoms with Gasteiger partial charge in [-0.2, -0.15) is 0 Å². The summed E-state index contributed by atoms with van der Waals surface area (Å²) in [7, 11) is 0. The molecule has 2 aliphatic rings. The zero-order chi connectivity index (χ0) is 22.0.